The van der Waals surface area contributed by atoms with E-state index in [9.17, 15) is 23.1 Å². The van der Waals surface area contributed by atoms with Gasteiger partial charge in [0, 0.05) is 19.0 Å². The lowest BCUT2D eigenvalue weighted by Crippen LogP contribution is -2.23. The summed E-state index contributed by atoms with van der Waals surface area (Å²) in [6.45, 7) is -0.103. The summed E-state index contributed by atoms with van der Waals surface area (Å²) in [5.41, 5.74) is 0.109. The Bertz CT molecular complexity index is 1030. The minimum Gasteiger partial charge on any atom is -0.505 e. The lowest BCUT2D eigenvalue weighted by molar-refractivity contribution is -0.137. The summed E-state index contributed by atoms with van der Waals surface area (Å²) in [6, 6.07) is 9.06. The van der Waals surface area contributed by atoms with Crippen molar-refractivity contribution in [3.05, 3.63) is 80.7 Å². The van der Waals surface area contributed by atoms with Gasteiger partial charge in [0.15, 0.2) is 11.4 Å². The van der Waals surface area contributed by atoms with Crippen LogP contribution in [-0.4, -0.2) is 16.2 Å². The average Bonchev–Trinajstić information content (AvgIpc) is 3.12. The third-order valence-corrected chi connectivity index (χ3v) is 4.53. The van der Waals surface area contributed by atoms with Gasteiger partial charge in [0.1, 0.15) is 5.76 Å². The Kier molecular flexibility index (Phi) is 6.04. The van der Waals surface area contributed by atoms with Crippen LogP contribution in [-0.2, 0) is 19.1 Å². The number of halogens is 5. The molecule has 3 aromatic rings. The van der Waals surface area contributed by atoms with Crippen molar-refractivity contribution in [3.8, 4) is 5.75 Å². The van der Waals surface area contributed by atoms with E-state index in [1.807, 2.05) is 0 Å². The highest BCUT2D eigenvalue weighted by molar-refractivity contribution is 6.37. The van der Waals surface area contributed by atoms with Crippen LogP contribution in [0, 0.1) is 0 Å². The Morgan fingerprint density at radius 3 is 2.45 bits per heavy atom. The third kappa shape index (κ3) is 5.21. The molecule has 5 nitrogen and oxygen atoms in total. The first-order valence-corrected chi connectivity index (χ1v) is 8.96. The number of phenolic OH excluding ortho intramolecular Hbond substituents is 1. The van der Waals surface area contributed by atoms with E-state index in [1.54, 1.807) is 0 Å². The lowest BCUT2D eigenvalue weighted by atomic mass is 10.1. The number of alkyl halides is 3. The summed E-state index contributed by atoms with van der Waals surface area (Å²) in [4.78, 5) is 12.2. The predicted octanol–water partition coefficient (Wildman–Crippen LogP) is 5.23. The van der Waals surface area contributed by atoms with Crippen molar-refractivity contribution in [3.63, 3.8) is 0 Å². The number of nitrogens with one attached hydrogen (secondary N) is 1. The molecule has 0 radical (unpaired) electrons. The van der Waals surface area contributed by atoms with E-state index < -0.39 is 17.6 Å². The molecule has 1 amide bonds. The predicted molar refractivity (Wildman–Crippen MR) is 100 cm³/mol. The van der Waals surface area contributed by atoms with E-state index in [0.717, 1.165) is 12.1 Å². The Balaban J connectivity index is 1.64. The Morgan fingerprint density at radius 2 is 1.79 bits per heavy atom. The van der Waals surface area contributed by atoms with Gasteiger partial charge in [-0.05, 0) is 35.4 Å². The molecule has 0 bridgehead atoms. The number of hydrogen-bond donors (Lipinski definition) is 2. The highest BCUT2D eigenvalue weighted by Gasteiger charge is 2.30. The zero-order chi connectivity index (χ0) is 21.2. The smallest absolute Gasteiger partial charge is 0.416 e. The van der Waals surface area contributed by atoms with Crippen LogP contribution in [0.4, 0.5) is 13.2 Å². The fourth-order valence-electron chi connectivity index (χ4n) is 2.56. The molecule has 2 N–H and O–H groups in total. The molecule has 1 aromatic heterocycles. The van der Waals surface area contributed by atoms with E-state index >= 15 is 0 Å². The SMILES string of the molecule is O=C(NCc1cccc(C(F)(F)F)c1)c1cc(Cc2cc(Cl)c(O)c(Cl)c2)on1. The topological polar surface area (TPSA) is 75.4 Å². The molecular weight excluding hydrogens is 432 g/mol. The molecule has 3 rings (SSSR count). The summed E-state index contributed by atoms with van der Waals surface area (Å²) in [6.07, 6.45) is -4.24. The zero-order valence-corrected chi connectivity index (χ0v) is 16.1. The van der Waals surface area contributed by atoms with Crippen molar-refractivity contribution < 1.29 is 27.6 Å². The van der Waals surface area contributed by atoms with Crippen LogP contribution in [0.3, 0.4) is 0 Å². The molecule has 2 aromatic carbocycles. The number of benzene rings is 2. The number of carbonyl (C=O) groups is 1. The third-order valence-electron chi connectivity index (χ3n) is 3.95. The minimum absolute atomic E-state index is 0.0250. The molecule has 1 heterocycles. The van der Waals surface area contributed by atoms with Crippen LogP contribution >= 0.6 is 23.2 Å². The summed E-state index contributed by atoms with van der Waals surface area (Å²) < 4.78 is 43.3. The molecule has 0 spiro atoms. The van der Waals surface area contributed by atoms with Gasteiger partial charge in [-0.3, -0.25) is 4.79 Å². The molecule has 152 valence electrons. The molecule has 0 aliphatic carbocycles. The van der Waals surface area contributed by atoms with Gasteiger partial charge in [-0.15, -0.1) is 0 Å². The first-order chi connectivity index (χ1) is 13.6. The monoisotopic (exact) mass is 444 g/mol. The Hall–Kier alpha value is -2.71. The van der Waals surface area contributed by atoms with Crippen LogP contribution in [0.2, 0.25) is 10.0 Å². The highest BCUT2D eigenvalue weighted by atomic mass is 35.5. The number of carbonyl (C=O) groups excluding carboxylic acids is 1. The molecule has 0 atom stereocenters. The van der Waals surface area contributed by atoms with Gasteiger partial charge in [0.2, 0.25) is 0 Å². The maximum Gasteiger partial charge on any atom is 0.416 e. The first-order valence-electron chi connectivity index (χ1n) is 8.20. The second kappa shape index (κ2) is 8.34. The van der Waals surface area contributed by atoms with Crippen molar-refractivity contribution in [2.75, 3.05) is 0 Å². The van der Waals surface area contributed by atoms with Crippen LogP contribution in [0.1, 0.15) is 32.9 Å². The van der Waals surface area contributed by atoms with Crippen LogP contribution in [0.15, 0.2) is 47.0 Å². The normalized spacial score (nSPS) is 11.5. The van der Waals surface area contributed by atoms with E-state index in [-0.39, 0.29) is 34.5 Å². The number of rotatable bonds is 5. The number of phenols is 1. The minimum atomic E-state index is -4.46. The zero-order valence-electron chi connectivity index (χ0n) is 14.6. The van der Waals surface area contributed by atoms with Crippen LogP contribution < -0.4 is 5.32 Å². The molecule has 10 heteroatoms. The van der Waals surface area contributed by atoms with Gasteiger partial charge in [0.05, 0.1) is 15.6 Å². The van der Waals surface area contributed by atoms with Crippen molar-refractivity contribution in [2.45, 2.75) is 19.1 Å². The van der Waals surface area contributed by atoms with Crippen molar-refractivity contribution in [1.82, 2.24) is 10.5 Å². The molecule has 0 unspecified atom stereocenters. The maximum atomic E-state index is 12.7. The number of aromatic nitrogens is 1. The quantitative estimate of drug-likeness (QED) is 0.565. The Labute approximate surface area is 173 Å². The van der Waals surface area contributed by atoms with Gasteiger partial charge in [-0.2, -0.15) is 13.2 Å². The highest BCUT2D eigenvalue weighted by Crippen LogP contribution is 2.33. The fraction of sp³-hybridized carbons (Fsp3) is 0.158. The summed E-state index contributed by atoms with van der Waals surface area (Å²) in [7, 11) is 0. The van der Waals surface area contributed by atoms with E-state index in [2.05, 4.69) is 10.5 Å². The van der Waals surface area contributed by atoms with Gasteiger partial charge >= 0.3 is 6.18 Å². The van der Waals surface area contributed by atoms with Crippen molar-refractivity contribution >= 4 is 29.1 Å². The molecule has 29 heavy (non-hydrogen) atoms. The molecule has 0 aliphatic rings. The molecule has 0 saturated carbocycles. The largest absolute Gasteiger partial charge is 0.505 e. The lowest BCUT2D eigenvalue weighted by Gasteiger charge is -2.09. The molecule has 0 aliphatic heterocycles. The Morgan fingerprint density at radius 1 is 1.10 bits per heavy atom. The van der Waals surface area contributed by atoms with Crippen molar-refractivity contribution in [2.24, 2.45) is 0 Å². The fourth-order valence-corrected chi connectivity index (χ4v) is 3.09. The summed E-state index contributed by atoms with van der Waals surface area (Å²) >= 11 is 11.7. The van der Waals surface area contributed by atoms with Gasteiger partial charge in [0.25, 0.3) is 5.91 Å². The molecule has 0 fully saturated rings. The second-order valence-electron chi connectivity index (χ2n) is 6.14. The summed E-state index contributed by atoms with van der Waals surface area (Å²) in [5.74, 6) is -0.490. The summed E-state index contributed by atoms with van der Waals surface area (Å²) in [5, 5.41) is 15.9. The average molecular weight is 445 g/mol. The number of aromatic hydroxyl groups is 1. The first kappa shape index (κ1) is 21.0. The van der Waals surface area contributed by atoms with Crippen LogP contribution in [0.5, 0.6) is 5.75 Å². The number of nitrogens with zero attached hydrogens (tertiary/aromatic N) is 1. The van der Waals surface area contributed by atoms with Crippen LogP contribution in [0.25, 0.3) is 0 Å². The molecular formula is C19H13Cl2F3N2O3. The van der Waals surface area contributed by atoms with E-state index in [4.69, 9.17) is 27.7 Å². The standard InChI is InChI=1S/C19H13Cl2F3N2O3/c20-14-6-11(7-15(21)17(14)27)5-13-8-16(26-29-13)18(28)25-9-10-2-1-3-12(4-10)19(22,23)24/h1-4,6-8,27H,5,9H2,(H,25,28). The van der Waals surface area contributed by atoms with Crippen molar-refractivity contribution in [1.29, 1.82) is 0 Å². The number of amides is 1. The van der Waals surface area contributed by atoms with E-state index in [0.29, 0.717) is 16.9 Å². The molecule has 0 saturated heterocycles. The van der Waals surface area contributed by atoms with Gasteiger partial charge in [-0.25, -0.2) is 0 Å². The maximum absolute atomic E-state index is 12.7. The second-order valence-corrected chi connectivity index (χ2v) is 6.96. The number of hydrogen-bond acceptors (Lipinski definition) is 4. The van der Waals surface area contributed by atoms with Gasteiger partial charge < -0.3 is 14.9 Å². The van der Waals surface area contributed by atoms with Gasteiger partial charge in [-0.1, -0.05) is 40.5 Å². The van der Waals surface area contributed by atoms with E-state index in [1.165, 1.54) is 30.3 Å².